The van der Waals surface area contributed by atoms with Gasteiger partial charge in [-0.15, -0.1) is 0 Å². The first kappa shape index (κ1) is 11.2. The molecule has 0 radical (unpaired) electrons. The lowest BCUT2D eigenvalue weighted by Crippen LogP contribution is -2.31. The van der Waals surface area contributed by atoms with Gasteiger partial charge in [0.2, 0.25) is 5.91 Å². The average Bonchev–Trinajstić information content (AvgIpc) is 2.82. The smallest absolute Gasteiger partial charge is 0.220 e. The van der Waals surface area contributed by atoms with E-state index in [9.17, 15) is 4.79 Å². The van der Waals surface area contributed by atoms with Crippen LogP contribution in [-0.4, -0.2) is 23.5 Å². The molecular formula is C9H9ClN4OS. The molecule has 1 aromatic rings. The Morgan fingerprint density at radius 3 is 3.12 bits per heavy atom. The van der Waals surface area contributed by atoms with Gasteiger partial charge in [0.25, 0.3) is 0 Å². The number of amides is 1. The minimum atomic E-state index is 0.0849. The maximum atomic E-state index is 11.0. The molecule has 1 unspecified atom stereocenters. The Labute approximate surface area is 101 Å². The third-order valence-electron chi connectivity index (χ3n) is 2.27. The fraction of sp³-hybridized carbons (Fsp3) is 0.444. The Morgan fingerprint density at radius 2 is 2.56 bits per heavy atom. The molecule has 5 nitrogen and oxygen atoms in total. The quantitative estimate of drug-likeness (QED) is 0.856. The highest BCUT2D eigenvalue weighted by Crippen LogP contribution is 2.25. The van der Waals surface area contributed by atoms with Gasteiger partial charge in [0.05, 0.1) is 0 Å². The van der Waals surface area contributed by atoms with Crippen LogP contribution in [0.1, 0.15) is 17.7 Å². The number of carbonyl (C=O) groups is 1. The Balaban J connectivity index is 1.90. The van der Waals surface area contributed by atoms with Gasteiger partial charge in [-0.25, -0.2) is 4.98 Å². The lowest BCUT2D eigenvalue weighted by molar-refractivity contribution is -0.119. The molecule has 1 aliphatic heterocycles. The van der Waals surface area contributed by atoms with E-state index in [2.05, 4.69) is 15.6 Å². The molecule has 0 bridgehead atoms. The van der Waals surface area contributed by atoms with Crippen molar-refractivity contribution in [3.63, 3.8) is 0 Å². The molecule has 0 aromatic carbocycles. The summed E-state index contributed by atoms with van der Waals surface area (Å²) >= 11 is 6.95. The number of anilines is 1. The van der Waals surface area contributed by atoms with Gasteiger partial charge in [-0.2, -0.15) is 5.26 Å². The van der Waals surface area contributed by atoms with E-state index in [1.165, 1.54) is 11.3 Å². The van der Waals surface area contributed by atoms with Gasteiger partial charge >= 0.3 is 0 Å². The van der Waals surface area contributed by atoms with E-state index in [-0.39, 0.29) is 17.1 Å². The lowest BCUT2D eigenvalue weighted by Gasteiger charge is -2.09. The van der Waals surface area contributed by atoms with Gasteiger partial charge in [-0.3, -0.25) is 4.79 Å². The summed E-state index contributed by atoms with van der Waals surface area (Å²) in [6.45, 7) is 0.612. The molecule has 2 heterocycles. The van der Waals surface area contributed by atoms with Crippen molar-refractivity contribution in [2.75, 3.05) is 11.9 Å². The molecule has 0 spiro atoms. The zero-order valence-corrected chi connectivity index (χ0v) is 9.86. The SMILES string of the molecule is N#Cc1sc(NCC2CCC(=O)N2)nc1Cl. The van der Waals surface area contributed by atoms with E-state index in [4.69, 9.17) is 16.9 Å². The number of thiazole rings is 1. The Kier molecular flexibility index (Phi) is 3.27. The molecule has 1 saturated heterocycles. The summed E-state index contributed by atoms with van der Waals surface area (Å²) in [5, 5.41) is 15.4. The van der Waals surface area contributed by atoms with E-state index < -0.39 is 0 Å². The van der Waals surface area contributed by atoms with Gasteiger partial charge in [0, 0.05) is 19.0 Å². The van der Waals surface area contributed by atoms with Crippen LogP contribution in [0.4, 0.5) is 5.13 Å². The number of nitrogens with one attached hydrogen (secondary N) is 2. The Bertz CT molecular complexity index is 453. The summed E-state index contributed by atoms with van der Waals surface area (Å²) in [5.41, 5.74) is 0. The predicted molar refractivity (Wildman–Crippen MR) is 61.5 cm³/mol. The second-order valence-electron chi connectivity index (χ2n) is 3.43. The first-order valence-corrected chi connectivity index (χ1v) is 5.98. The maximum Gasteiger partial charge on any atom is 0.220 e. The summed E-state index contributed by atoms with van der Waals surface area (Å²) in [6, 6.07) is 2.10. The molecule has 84 valence electrons. The first-order valence-electron chi connectivity index (χ1n) is 4.78. The second kappa shape index (κ2) is 4.68. The number of halogens is 1. The number of rotatable bonds is 3. The zero-order chi connectivity index (χ0) is 11.5. The Morgan fingerprint density at radius 1 is 1.75 bits per heavy atom. The third-order valence-corrected chi connectivity index (χ3v) is 3.58. The van der Waals surface area contributed by atoms with Crippen molar-refractivity contribution in [1.29, 1.82) is 5.26 Å². The third kappa shape index (κ3) is 2.43. The molecule has 1 aromatic heterocycles. The molecule has 1 aliphatic rings. The molecule has 1 atom stereocenters. The summed E-state index contributed by atoms with van der Waals surface area (Å²) in [4.78, 5) is 15.4. The number of hydrogen-bond acceptors (Lipinski definition) is 5. The summed E-state index contributed by atoms with van der Waals surface area (Å²) in [7, 11) is 0. The van der Waals surface area contributed by atoms with E-state index in [1.54, 1.807) is 0 Å². The maximum absolute atomic E-state index is 11.0. The highest BCUT2D eigenvalue weighted by Gasteiger charge is 2.20. The lowest BCUT2D eigenvalue weighted by atomic mass is 10.2. The summed E-state index contributed by atoms with van der Waals surface area (Å²) in [5.74, 6) is 0.0849. The van der Waals surface area contributed by atoms with Crippen LogP contribution in [0.2, 0.25) is 5.15 Å². The highest BCUT2D eigenvalue weighted by molar-refractivity contribution is 7.16. The molecule has 7 heteroatoms. The van der Waals surface area contributed by atoms with Crippen LogP contribution >= 0.6 is 22.9 Å². The number of aromatic nitrogens is 1. The van der Waals surface area contributed by atoms with Gasteiger partial charge in [0.1, 0.15) is 10.9 Å². The normalized spacial score (nSPS) is 19.2. The van der Waals surface area contributed by atoms with E-state index in [1.807, 2.05) is 6.07 Å². The number of nitriles is 1. The van der Waals surface area contributed by atoms with Crippen LogP contribution in [0, 0.1) is 11.3 Å². The van der Waals surface area contributed by atoms with E-state index in [0.29, 0.717) is 23.0 Å². The molecular weight excluding hydrogens is 248 g/mol. The molecule has 0 saturated carbocycles. The fourth-order valence-electron chi connectivity index (χ4n) is 1.49. The van der Waals surface area contributed by atoms with E-state index in [0.717, 1.165) is 6.42 Å². The number of hydrogen-bond donors (Lipinski definition) is 2. The summed E-state index contributed by atoms with van der Waals surface area (Å²) in [6.07, 6.45) is 1.41. The zero-order valence-electron chi connectivity index (χ0n) is 8.29. The minimum absolute atomic E-state index is 0.0849. The fourth-order valence-corrected chi connectivity index (χ4v) is 2.44. The molecule has 0 aliphatic carbocycles. The van der Waals surface area contributed by atoms with Gasteiger partial charge in [-0.05, 0) is 6.42 Å². The second-order valence-corrected chi connectivity index (χ2v) is 4.79. The molecule has 2 rings (SSSR count). The average molecular weight is 257 g/mol. The van der Waals surface area contributed by atoms with Crippen LogP contribution in [-0.2, 0) is 4.79 Å². The van der Waals surface area contributed by atoms with Crippen molar-refractivity contribution in [2.45, 2.75) is 18.9 Å². The van der Waals surface area contributed by atoms with Crippen molar-refractivity contribution in [3.8, 4) is 6.07 Å². The van der Waals surface area contributed by atoms with Crippen molar-refractivity contribution < 1.29 is 4.79 Å². The molecule has 1 amide bonds. The first-order chi connectivity index (χ1) is 7.69. The molecule has 1 fully saturated rings. The highest BCUT2D eigenvalue weighted by atomic mass is 35.5. The predicted octanol–water partition coefficient (Wildman–Crippen LogP) is 1.36. The van der Waals surface area contributed by atoms with Crippen LogP contribution in [0.15, 0.2) is 0 Å². The topological polar surface area (TPSA) is 77.8 Å². The minimum Gasteiger partial charge on any atom is -0.359 e. The monoisotopic (exact) mass is 256 g/mol. The van der Waals surface area contributed by atoms with E-state index >= 15 is 0 Å². The van der Waals surface area contributed by atoms with Crippen LogP contribution in [0.5, 0.6) is 0 Å². The molecule has 16 heavy (non-hydrogen) atoms. The van der Waals surface area contributed by atoms with Gasteiger partial charge in [0.15, 0.2) is 10.3 Å². The van der Waals surface area contributed by atoms with Crippen LogP contribution in [0.3, 0.4) is 0 Å². The van der Waals surface area contributed by atoms with Crippen LogP contribution < -0.4 is 10.6 Å². The van der Waals surface area contributed by atoms with Gasteiger partial charge < -0.3 is 10.6 Å². The van der Waals surface area contributed by atoms with Crippen LogP contribution in [0.25, 0.3) is 0 Å². The largest absolute Gasteiger partial charge is 0.359 e. The number of carbonyl (C=O) groups excluding carboxylic acids is 1. The number of nitrogens with zero attached hydrogens (tertiary/aromatic N) is 2. The van der Waals surface area contributed by atoms with Crippen molar-refractivity contribution in [3.05, 3.63) is 10.0 Å². The molecule has 2 N–H and O–H groups in total. The Hall–Kier alpha value is -1.32. The van der Waals surface area contributed by atoms with Crippen molar-refractivity contribution in [2.24, 2.45) is 0 Å². The van der Waals surface area contributed by atoms with Crippen molar-refractivity contribution >= 4 is 34.0 Å². The van der Waals surface area contributed by atoms with Crippen molar-refractivity contribution in [1.82, 2.24) is 10.3 Å². The standard InChI is InChI=1S/C9H9ClN4OS/c10-8-6(3-11)16-9(14-8)12-4-5-1-2-7(15)13-5/h5H,1-2,4H2,(H,12,14)(H,13,15). The van der Waals surface area contributed by atoms with Gasteiger partial charge in [-0.1, -0.05) is 22.9 Å². The summed E-state index contributed by atoms with van der Waals surface area (Å²) < 4.78 is 0.